The Morgan fingerprint density at radius 2 is 1.67 bits per heavy atom. The molecule has 3 heterocycles. The van der Waals surface area contributed by atoms with Crippen molar-refractivity contribution >= 4 is 5.65 Å². The van der Waals surface area contributed by atoms with Crippen LogP contribution in [0.4, 0.5) is 0 Å². The third-order valence-corrected chi connectivity index (χ3v) is 5.36. The highest BCUT2D eigenvalue weighted by molar-refractivity contribution is 5.68. The fourth-order valence-electron chi connectivity index (χ4n) is 4.00. The van der Waals surface area contributed by atoms with Gasteiger partial charge < -0.3 is 9.84 Å². The summed E-state index contributed by atoms with van der Waals surface area (Å²) in [5.74, 6) is 1.71. The van der Waals surface area contributed by atoms with Crippen LogP contribution in [0.5, 0.6) is 17.4 Å². The monoisotopic (exact) mass is 392 g/mol. The van der Waals surface area contributed by atoms with Crippen molar-refractivity contribution in [3.05, 3.63) is 102 Å². The molecule has 0 radical (unpaired) electrons. The summed E-state index contributed by atoms with van der Waals surface area (Å²) in [4.78, 5) is 9.36. The Bertz CT molecular complexity index is 1380. The van der Waals surface area contributed by atoms with Gasteiger partial charge in [-0.1, -0.05) is 66.7 Å². The second-order valence-electron chi connectivity index (χ2n) is 7.20. The first-order valence-electron chi connectivity index (χ1n) is 9.64. The standard InChI is InChI=1S/C24H16N4O2/c29-17-11-12-18-19(13-17)30-24-21(20(18)15-7-3-1-4-8-15)23-26-22(27-28(23)14-25-24)16-9-5-2-6-10-16/h1-14,20,29H/t20-/m0/s1. The van der Waals surface area contributed by atoms with E-state index in [-0.39, 0.29) is 11.7 Å². The van der Waals surface area contributed by atoms with Crippen LogP contribution >= 0.6 is 0 Å². The maximum atomic E-state index is 9.97. The molecular formula is C24H16N4O2. The van der Waals surface area contributed by atoms with E-state index >= 15 is 0 Å². The van der Waals surface area contributed by atoms with E-state index < -0.39 is 0 Å². The fourth-order valence-corrected chi connectivity index (χ4v) is 4.00. The number of hydrogen-bond acceptors (Lipinski definition) is 5. The van der Waals surface area contributed by atoms with Crippen LogP contribution < -0.4 is 4.74 Å². The number of fused-ring (bicyclic) bond motifs is 4. The van der Waals surface area contributed by atoms with E-state index in [2.05, 4.69) is 22.2 Å². The summed E-state index contributed by atoms with van der Waals surface area (Å²) < 4.78 is 7.78. The van der Waals surface area contributed by atoms with Gasteiger partial charge in [0.2, 0.25) is 5.88 Å². The molecule has 0 amide bonds. The third-order valence-electron chi connectivity index (χ3n) is 5.36. The van der Waals surface area contributed by atoms with Crippen LogP contribution in [0.15, 0.2) is 85.2 Å². The number of hydrogen-bond donors (Lipinski definition) is 1. The van der Waals surface area contributed by atoms with Crippen molar-refractivity contribution in [2.24, 2.45) is 0 Å². The van der Waals surface area contributed by atoms with Gasteiger partial charge >= 0.3 is 0 Å². The lowest BCUT2D eigenvalue weighted by Gasteiger charge is -2.27. The van der Waals surface area contributed by atoms with E-state index in [9.17, 15) is 5.11 Å². The lowest BCUT2D eigenvalue weighted by atomic mass is 9.84. The van der Waals surface area contributed by atoms with Gasteiger partial charge in [-0.2, -0.15) is 0 Å². The molecule has 6 rings (SSSR count). The topological polar surface area (TPSA) is 72.5 Å². The molecule has 6 heteroatoms. The second-order valence-corrected chi connectivity index (χ2v) is 7.20. The van der Waals surface area contributed by atoms with Gasteiger partial charge in [-0.15, -0.1) is 5.10 Å². The molecule has 1 aliphatic heterocycles. The number of ether oxygens (including phenoxy) is 1. The van der Waals surface area contributed by atoms with Gasteiger partial charge in [0.15, 0.2) is 11.5 Å². The molecule has 30 heavy (non-hydrogen) atoms. The van der Waals surface area contributed by atoms with Crippen LogP contribution in [0.1, 0.15) is 22.6 Å². The zero-order valence-corrected chi connectivity index (χ0v) is 15.8. The van der Waals surface area contributed by atoms with Gasteiger partial charge in [0.25, 0.3) is 0 Å². The number of aromatic nitrogens is 4. The third kappa shape index (κ3) is 2.54. The normalized spacial score (nSPS) is 14.7. The molecule has 5 aromatic rings. The molecule has 6 nitrogen and oxygen atoms in total. The quantitative estimate of drug-likeness (QED) is 0.459. The number of nitrogens with zero attached hydrogens (tertiary/aromatic N) is 4. The fraction of sp³-hybridized carbons (Fsp3) is 0.0417. The van der Waals surface area contributed by atoms with Gasteiger partial charge in [0.1, 0.15) is 17.8 Å². The predicted octanol–water partition coefficient (Wildman–Crippen LogP) is 4.78. The summed E-state index contributed by atoms with van der Waals surface area (Å²) >= 11 is 0. The number of benzene rings is 3. The van der Waals surface area contributed by atoms with Gasteiger partial charge in [-0.05, 0) is 11.6 Å². The smallest absolute Gasteiger partial charge is 0.228 e. The Morgan fingerprint density at radius 1 is 0.900 bits per heavy atom. The average molecular weight is 392 g/mol. The second kappa shape index (κ2) is 6.42. The summed E-state index contributed by atoms with van der Waals surface area (Å²) in [7, 11) is 0. The SMILES string of the molecule is Oc1ccc2c(c1)Oc1ncn3nc(-c4ccccc4)nc3c1[C@H]2c1ccccc1. The minimum atomic E-state index is -0.144. The van der Waals surface area contributed by atoms with Crippen LogP contribution in [0.2, 0.25) is 0 Å². The van der Waals surface area contributed by atoms with E-state index in [4.69, 9.17) is 9.72 Å². The van der Waals surface area contributed by atoms with Crippen LogP contribution in [0.25, 0.3) is 17.0 Å². The molecule has 0 unspecified atom stereocenters. The Hall–Kier alpha value is -4.19. The Labute approximate surface area is 172 Å². The maximum absolute atomic E-state index is 9.97. The molecule has 0 bridgehead atoms. The Kier molecular flexibility index (Phi) is 3.58. The van der Waals surface area contributed by atoms with E-state index in [1.165, 1.54) is 0 Å². The molecule has 0 saturated heterocycles. The highest BCUT2D eigenvalue weighted by Gasteiger charge is 2.33. The molecule has 3 aromatic carbocycles. The summed E-state index contributed by atoms with van der Waals surface area (Å²) in [5.41, 5.74) is 4.54. The van der Waals surface area contributed by atoms with Crippen molar-refractivity contribution < 1.29 is 9.84 Å². The van der Waals surface area contributed by atoms with Crippen molar-refractivity contribution in [1.29, 1.82) is 0 Å². The first kappa shape index (κ1) is 16.7. The molecule has 0 spiro atoms. The first-order chi connectivity index (χ1) is 14.8. The summed E-state index contributed by atoms with van der Waals surface area (Å²) in [6.45, 7) is 0. The zero-order chi connectivity index (χ0) is 20.1. The largest absolute Gasteiger partial charge is 0.508 e. The van der Waals surface area contributed by atoms with Gasteiger partial charge in [0.05, 0.1) is 5.56 Å². The van der Waals surface area contributed by atoms with Crippen LogP contribution in [-0.2, 0) is 0 Å². The highest BCUT2D eigenvalue weighted by atomic mass is 16.5. The van der Waals surface area contributed by atoms with Crippen molar-refractivity contribution in [2.45, 2.75) is 5.92 Å². The number of phenols is 1. The molecule has 1 aliphatic rings. The number of rotatable bonds is 2. The molecule has 0 aliphatic carbocycles. The molecule has 0 saturated carbocycles. The van der Waals surface area contributed by atoms with Crippen molar-refractivity contribution in [3.8, 4) is 28.8 Å². The lowest BCUT2D eigenvalue weighted by Crippen LogP contribution is -2.14. The maximum Gasteiger partial charge on any atom is 0.228 e. The molecule has 1 N–H and O–H groups in total. The van der Waals surface area contributed by atoms with E-state index in [1.807, 2.05) is 54.6 Å². The van der Waals surface area contributed by atoms with Gasteiger partial charge in [-0.3, -0.25) is 0 Å². The first-order valence-corrected chi connectivity index (χ1v) is 9.64. The molecule has 1 atom stereocenters. The van der Waals surface area contributed by atoms with Crippen LogP contribution in [-0.4, -0.2) is 24.7 Å². The number of phenolic OH excluding ortho intramolecular Hbond substituents is 1. The van der Waals surface area contributed by atoms with Crippen molar-refractivity contribution in [1.82, 2.24) is 19.6 Å². The Morgan fingerprint density at radius 3 is 2.47 bits per heavy atom. The average Bonchev–Trinajstić information content (AvgIpc) is 3.23. The van der Waals surface area contributed by atoms with Crippen molar-refractivity contribution in [3.63, 3.8) is 0 Å². The summed E-state index contributed by atoms with van der Waals surface area (Å²) in [6.07, 6.45) is 1.61. The van der Waals surface area contributed by atoms with Crippen LogP contribution in [0.3, 0.4) is 0 Å². The number of aromatic hydroxyl groups is 1. The minimum Gasteiger partial charge on any atom is -0.508 e. The summed E-state index contributed by atoms with van der Waals surface area (Å²) in [6, 6.07) is 25.2. The molecule has 144 valence electrons. The molecular weight excluding hydrogens is 376 g/mol. The van der Waals surface area contributed by atoms with Crippen LogP contribution in [0, 0.1) is 0 Å². The van der Waals surface area contributed by atoms with Crippen molar-refractivity contribution in [2.75, 3.05) is 0 Å². The minimum absolute atomic E-state index is 0.144. The molecule has 2 aromatic heterocycles. The molecule has 0 fully saturated rings. The predicted molar refractivity (Wildman–Crippen MR) is 112 cm³/mol. The van der Waals surface area contributed by atoms with E-state index in [0.717, 1.165) is 22.3 Å². The zero-order valence-electron chi connectivity index (χ0n) is 15.8. The highest BCUT2D eigenvalue weighted by Crippen LogP contribution is 2.48. The lowest BCUT2D eigenvalue weighted by molar-refractivity contribution is 0.422. The van der Waals surface area contributed by atoms with E-state index in [1.54, 1.807) is 23.0 Å². The summed E-state index contributed by atoms with van der Waals surface area (Å²) in [5, 5.41) is 14.6. The van der Waals surface area contributed by atoms with E-state index in [0.29, 0.717) is 23.1 Å². The Balaban J connectivity index is 1.63. The van der Waals surface area contributed by atoms with Gasteiger partial charge in [0, 0.05) is 23.1 Å². The van der Waals surface area contributed by atoms with Gasteiger partial charge in [-0.25, -0.2) is 14.5 Å².